The molecule has 2 rings (SSSR count). The van der Waals surface area contributed by atoms with Gasteiger partial charge in [0.2, 0.25) is 0 Å². The second kappa shape index (κ2) is 8.05. The number of nitrogens with zero attached hydrogens (tertiary/aromatic N) is 2. The lowest BCUT2D eigenvalue weighted by molar-refractivity contribution is -0.385. The number of halogens is 1. The zero-order chi connectivity index (χ0) is 16.8. The summed E-state index contributed by atoms with van der Waals surface area (Å²) in [5.41, 5.74) is -0.179. The minimum Gasteiger partial charge on any atom is -0.452 e. The summed E-state index contributed by atoms with van der Waals surface area (Å²) in [6.07, 6.45) is 4.12. The first-order valence-electron chi connectivity index (χ1n) is 7.38. The standard InChI is InChI=1S/C15H17BrN2O5/c16-12-6-5-11(9-13(12)18(21)22)15(20)23-10-14(19)17-7-3-1-2-4-8-17/h5-6,9H,1-4,7-8,10H2. The van der Waals surface area contributed by atoms with Gasteiger partial charge in [-0.2, -0.15) is 0 Å². The second-order valence-corrected chi connectivity index (χ2v) is 6.15. The Kier molecular flexibility index (Phi) is 6.09. The molecule has 0 bridgehead atoms. The Balaban J connectivity index is 1.95. The lowest BCUT2D eigenvalue weighted by Crippen LogP contribution is -2.35. The van der Waals surface area contributed by atoms with Gasteiger partial charge in [0, 0.05) is 19.2 Å². The molecule has 7 nitrogen and oxygen atoms in total. The average Bonchev–Trinajstić information content (AvgIpc) is 2.81. The third-order valence-electron chi connectivity index (χ3n) is 3.66. The van der Waals surface area contributed by atoms with Crippen molar-refractivity contribution < 1.29 is 19.2 Å². The predicted octanol–water partition coefficient (Wildman–Crippen LogP) is 2.92. The molecule has 0 aliphatic carbocycles. The number of benzene rings is 1. The Labute approximate surface area is 141 Å². The summed E-state index contributed by atoms with van der Waals surface area (Å²) in [7, 11) is 0. The molecule has 8 heteroatoms. The van der Waals surface area contributed by atoms with Crippen molar-refractivity contribution in [1.29, 1.82) is 0 Å². The van der Waals surface area contributed by atoms with Crippen molar-refractivity contribution in [3.8, 4) is 0 Å². The van der Waals surface area contributed by atoms with Gasteiger partial charge in [0.15, 0.2) is 6.61 Å². The van der Waals surface area contributed by atoms with E-state index in [1.807, 2.05) is 0 Å². The Bertz CT molecular complexity index is 612. The van der Waals surface area contributed by atoms with E-state index in [0.717, 1.165) is 31.7 Å². The lowest BCUT2D eigenvalue weighted by Gasteiger charge is -2.19. The van der Waals surface area contributed by atoms with Gasteiger partial charge in [0.25, 0.3) is 11.6 Å². The largest absolute Gasteiger partial charge is 0.452 e. The molecule has 1 aliphatic rings. The number of esters is 1. The summed E-state index contributed by atoms with van der Waals surface area (Å²) in [5, 5.41) is 10.9. The normalized spacial score (nSPS) is 14.9. The van der Waals surface area contributed by atoms with Crippen molar-refractivity contribution in [2.24, 2.45) is 0 Å². The third-order valence-corrected chi connectivity index (χ3v) is 4.33. The van der Waals surface area contributed by atoms with E-state index in [0.29, 0.717) is 13.1 Å². The topological polar surface area (TPSA) is 89.8 Å². The molecule has 1 amide bonds. The number of hydrogen-bond acceptors (Lipinski definition) is 5. The summed E-state index contributed by atoms with van der Waals surface area (Å²) >= 11 is 3.05. The molecule has 0 saturated carbocycles. The summed E-state index contributed by atoms with van der Waals surface area (Å²) in [6, 6.07) is 3.95. The number of likely N-dealkylation sites (tertiary alicyclic amines) is 1. The maximum absolute atomic E-state index is 12.0. The van der Waals surface area contributed by atoms with E-state index in [9.17, 15) is 19.7 Å². The molecule has 1 fully saturated rings. The van der Waals surface area contributed by atoms with Crippen LogP contribution in [0.1, 0.15) is 36.0 Å². The van der Waals surface area contributed by atoms with Crippen molar-refractivity contribution >= 4 is 33.5 Å². The van der Waals surface area contributed by atoms with E-state index in [2.05, 4.69) is 15.9 Å². The van der Waals surface area contributed by atoms with Gasteiger partial charge >= 0.3 is 5.97 Å². The van der Waals surface area contributed by atoms with Crippen molar-refractivity contribution in [2.45, 2.75) is 25.7 Å². The molecular formula is C15H17BrN2O5. The fraction of sp³-hybridized carbons (Fsp3) is 0.467. The summed E-state index contributed by atoms with van der Waals surface area (Å²) in [6.45, 7) is 1.02. The number of carbonyl (C=O) groups is 2. The monoisotopic (exact) mass is 384 g/mol. The molecule has 23 heavy (non-hydrogen) atoms. The molecule has 0 radical (unpaired) electrons. The highest BCUT2D eigenvalue weighted by Crippen LogP contribution is 2.25. The number of ether oxygens (including phenoxy) is 1. The third kappa shape index (κ3) is 4.75. The summed E-state index contributed by atoms with van der Waals surface area (Å²) in [4.78, 5) is 36.0. The van der Waals surface area contributed by atoms with Crippen molar-refractivity contribution in [3.63, 3.8) is 0 Å². The number of rotatable bonds is 4. The number of amides is 1. The highest BCUT2D eigenvalue weighted by atomic mass is 79.9. The molecule has 0 aromatic heterocycles. The Morgan fingerprint density at radius 3 is 2.48 bits per heavy atom. The molecule has 1 aliphatic heterocycles. The highest BCUT2D eigenvalue weighted by Gasteiger charge is 2.20. The maximum atomic E-state index is 12.0. The van der Waals surface area contributed by atoms with Crippen LogP contribution in [0.2, 0.25) is 0 Å². The van der Waals surface area contributed by atoms with Crippen LogP contribution in [-0.2, 0) is 9.53 Å². The molecule has 1 heterocycles. The molecule has 1 aromatic rings. The van der Waals surface area contributed by atoms with Crippen LogP contribution in [0.3, 0.4) is 0 Å². The van der Waals surface area contributed by atoms with E-state index >= 15 is 0 Å². The maximum Gasteiger partial charge on any atom is 0.338 e. The molecule has 0 spiro atoms. The van der Waals surface area contributed by atoms with Gasteiger partial charge in [0.05, 0.1) is 15.0 Å². The summed E-state index contributed by atoms with van der Waals surface area (Å²) < 4.78 is 5.27. The minimum atomic E-state index is -0.747. The van der Waals surface area contributed by atoms with Crippen molar-refractivity contribution in [1.82, 2.24) is 4.90 Å². The zero-order valence-corrected chi connectivity index (χ0v) is 14.1. The van der Waals surface area contributed by atoms with Gasteiger partial charge in [0.1, 0.15) is 0 Å². The lowest BCUT2D eigenvalue weighted by atomic mass is 10.2. The Morgan fingerprint density at radius 1 is 1.22 bits per heavy atom. The first-order valence-corrected chi connectivity index (χ1v) is 8.17. The van der Waals surface area contributed by atoms with Crippen molar-refractivity contribution in [2.75, 3.05) is 19.7 Å². The van der Waals surface area contributed by atoms with E-state index in [-0.39, 0.29) is 28.2 Å². The van der Waals surface area contributed by atoms with Crippen LogP contribution in [0.15, 0.2) is 22.7 Å². The van der Waals surface area contributed by atoms with E-state index in [1.54, 1.807) is 4.90 Å². The van der Waals surface area contributed by atoms with Gasteiger partial charge in [-0.05, 0) is 40.9 Å². The smallest absolute Gasteiger partial charge is 0.338 e. The SMILES string of the molecule is O=C(OCC(=O)N1CCCCCC1)c1ccc(Br)c([N+](=O)[O-])c1. The molecule has 0 N–H and O–H groups in total. The van der Waals surface area contributed by atoms with Gasteiger partial charge in [-0.15, -0.1) is 0 Å². The summed E-state index contributed by atoms with van der Waals surface area (Å²) in [5.74, 6) is -0.976. The molecule has 0 atom stereocenters. The van der Waals surface area contributed by atoms with Crippen LogP contribution >= 0.6 is 15.9 Å². The first kappa shape index (κ1) is 17.4. The number of nitro benzene ring substituents is 1. The Morgan fingerprint density at radius 2 is 1.87 bits per heavy atom. The van der Waals surface area contributed by atoms with Crippen LogP contribution < -0.4 is 0 Å². The van der Waals surface area contributed by atoms with Crippen LogP contribution in [0.25, 0.3) is 0 Å². The zero-order valence-electron chi connectivity index (χ0n) is 12.5. The quantitative estimate of drug-likeness (QED) is 0.452. The predicted molar refractivity (Wildman–Crippen MR) is 86.1 cm³/mol. The minimum absolute atomic E-state index is 0.0450. The average molecular weight is 385 g/mol. The van der Waals surface area contributed by atoms with Gasteiger partial charge in [-0.1, -0.05) is 12.8 Å². The van der Waals surface area contributed by atoms with Crippen LogP contribution in [-0.4, -0.2) is 41.4 Å². The fourth-order valence-electron chi connectivity index (χ4n) is 2.40. The van der Waals surface area contributed by atoms with Gasteiger partial charge in [-0.25, -0.2) is 4.79 Å². The molecule has 124 valence electrons. The number of nitro groups is 1. The van der Waals surface area contributed by atoms with Gasteiger partial charge in [-0.3, -0.25) is 14.9 Å². The number of hydrogen-bond donors (Lipinski definition) is 0. The molecule has 1 aromatic carbocycles. The second-order valence-electron chi connectivity index (χ2n) is 5.29. The highest BCUT2D eigenvalue weighted by molar-refractivity contribution is 9.10. The van der Waals surface area contributed by atoms with E-state index < -0.39 is 10.9 Å². The van der Waals surface area contributed by atoms with Crippen molar-refractivity contribution in [3.05, 3.63) is 38.3 Å². The van der Waals surface area contributed by atoms with Crippen LogP contribution in [0.4, 0.5) is 5.69 Å². The van der Waals surface area contributed by atoms with Gasteiger partial charge < -0.3 is 9.64 Å². The van der Waals surface area contributed by atoms with E-state index in [1.165, 1.54) is 12.1 Å². The molecule has 1 saturated heterocycles. The Hall–Kier alpha value is -1.96. The first-order chi connectivity index (χ1) is 11.0. The fourth-order valence-corrected chi connectivity index (χ4v) is 2.79. The molecular weight excluding hydrogens is 368 g/mol. The van der Waals surface area contributed by atoms with Crippen LogP contribution in [0, 0.1) is 10.1 Å². The number of carbonyl (C=O) groups excluding carboxylic acids is 2. The van der Waals surface area contributed by atoms with E-state index in [4.69, 9.17) is 4.74 Å². The van der Waals surface area contributed by atoms with Crippen LogP contribution in [0.5, 0.6) is 0 Å². The molecule has 0 unspecified atom stereocenters.